The number of thioether (sulfide) groups is 1. The lowest BCUT2D eigenvalue weighted by atomic mass is 9.97. The van der Waals surface area contributed by atoms with Crippen molar-refractivity contribution in [2.75, 3.05) is 0 Å². The van der Waals surface area contributed by atoms with Gasteiger partial charge in [0.1, 0.15) is 0 Å². The van der Waals surface area contributed by atoms with Crippen LogP contribution in [0.1, 0.15) is 0 Å². The van der Waals surface area contributed by atoms with Gasteiger partial charge in [-0.15, -0.1) is 11.8 Å². The summed E-state index contributed by atoms with van der Waals surface area (Å²) < 4.78 is 0. The second-order valence-electron chi connectivity index (χ2n) is 3.47. The Morgan fingerprint density at radius 2 is 1.77 bits per heavy atom. The zero-order valence-electron chi connectivity index (χ0n) is 7.18. The molecule has 2 atom stereocenters. The van der Waals surface area contributed by atoms with Crippen LogP contribution in [0.25, 0.3) is 12.2 Å². The summed E-state index contributed by atoms with van der Waals surface area (Å²) in [6, 6.07) is 8.60. The van der Waals surface area contributed by atoms with Gasteiger partial charge in [0.2, 0.25) is 0 Å². The number of benzene rings is 1. The molecule has 0 spiro atoms. The van der Waals surface area contributed by atoms with Crippen LogP contribution in [0.2, 0.25) is 0 Å². The third-order valence-corrected chi connectivity index (χ3v) is 3.71. The highest BCUT2D eigenvalue weighted by Crippen LogP contribution is 2.32. The van der Waals surface area contributed by atoms with E-state index in [1.165, 1.54) is 10.4 Å². The molecule has 3 rings (SSSR count). The maximum absolute atomic E-state index is 2.38. The number of allylic oxidation sites excluding steroid dienone is 1. The van der Waals surface area contributed by atoms with E-state index in [4.69, 9.17) is 0 Å². The largest absolute Gasteiger partial charge is 0.126 e. The zero-order valence-corrected chi connectivity index (χ0v) is 8.00. The van der Waals surface area contributed by atoms with E-state index in [-0.39, 0.29) is 0 Å². The predicted molar refractivity (Wildman–Crippen MR) is 58.6 cm³/mol. The van der Waals surface area contributed by atoms with Crippen LogP contribution in [0.5, 0.6) is 0 Å². The van der Waals surface area contributed by atoms with Crippen LogP contribution in [0, 0.1) is 5.92 Å². The van der Waals surface area contributed by atoms with E-state index in [0.717, 1.165) is 0 Å². The van der Waals surface area contributed by atoms with Crippen molar-refractivity contribution in [1.29, 1.82) is 0 Å². The van der Waals surface area contributed by atoms with Crippen molar-refractivity contribution in [3.8, 4) is 0 Å². The molecular formula is C12H10S. The average Bonchev–Trinajstić information content (AvgIpc) is 2.61. The molecule has 0 N–H and O–H groups in total. The Balaban J connectivity index is 2.28. The van der Waals surface area contributed by atoms with Crippen LogP contribution in [0.15, 0.2) is 35.7 Å². The molecule has 0 radical (unpaired) electrons. The molecule has 0 bridgehead atoms. The Kier molecular flexibility index (Phi) is 1.59. The number of hydrogen-bond donors (Lipinski definition) is 0. The fourth-order valence-corrected chi connectivity index (χ4v) is 2.96. The molecule has 0 aromatic heterocycles. The molecule has 1 aliphatic heterocycles. The molecule has 1 aromatic carbocycles. The first-order valence-corrected chi connectivity index (χ1v) is 5.49. The normalized spacial score (nSPS) is 28.6. The number of hydrogen-bond acceptors (Lipinski definition) is 1. The smallest absolute Gasteiger partial charge is 0.0375 e. The lowest BCUT2D eigenvalue weighted by Gasteiger charge is -2.14. The van der Waals surface area contributed by atoms with Crippen LogP contribution in [-0.2, 0) is 0 Å². The fourth-order valence-electron chi connectivity index (χ4n) is 1.93. The molecule has 1 aliphatic carbocycles. The minimum Gasteiger partial charge on any atom is -0.126 e. The van der Waals surface area contributed by atoms with Crippen molar-refractivity contribution in [1.82, 2.24) is 0 Å². The fraction of sp³-hybridized carbons (Fsp3) is 0.167. The number of fused-ring (bicyclic) bond motifs is 2. The van der Waals surface area contributed by atoms with Gasteiger partial charge >= 0.3 is 0 Å². The average molecular weight is 186 g/mol. The third kappa shape index (κ3) is 1.15. The molecular weight excluding hydrogens is 176 g/mol. The molecule has 0 fully saturated rings. The van der Waals surface area contributed by atoms with Crippen LogP contribution in [-0.4, -0.2) is 5.25 Å². The second-order valence-corrected chi connectivity index (χ2v) is 4.56. The van der Waals surface area contributed by atoms with E-state index in [1.54, 1.807) is 0 Å². The van der Waals surface area contributed by atoms with Crippen molar-refractivity contribution in [2.24, 2.45) is 5.92 Å². The summed E-state index contributed by atoms with van der Waals surface area (Å²) in [4.78, 5) is 0. The molecule has 13 heavy (non-hydrogen) atoms. The van der Waals surface area contributed by atoms with Crippen LogP contribution in [0.3, 0.4) is 0 Å². The minimum atomic E-state index is 0.625. The quantitative estimate of drug-likeness (QED) is 0.592. The maximum atomic E-state index is 2.38. The predicted octanol–water partition coefficient (Wildman–Crippen LogP) is 1.51. The molecule has 64 valence electrons. The lowest BCUT2D eigenvalue weighted by Crippen LogP contribution is -2.32. The zero-order chi connectivity index (χ0) is 8.67. The van der Waals surface area contributed by atoms with Crippen LogP contribution >= 0.6 is 11.8 Å². The molecule has 1 heterocycles. The molecule has 0 amide bonds. The summed E-state index contributed by atoms with van der Waals surface area (Å²) in [6.07, 6.45) is 7.04. The van der Waals surface area contributed by atoms with Crippen molar-refractivity contribution in [3.63, 3.8) is 0 Å². The van der Waals surface area contributed by atoms with E-state index in [9.17, 15) is 0 Å². The van der Waals surface area contributed by atoms with Crippen LogP contribution < -0.4 is 10.4 Å². The first-order chi connectivity index (χ1) is 6.43. The first kappa shape index (κ1) is 7.45. The van der Waals surface area contributed by atoms with Gasteiger partial charge in [-0.3, -0.25) is 0 Å². The summed E-state index contributed by atoms with van der Waals surface area (Å²) in [6.45, 7) is 0. The van der Waals surface area contributed by atoms with Gasteiger partial charge in [0.15, 0.2) is 0 Å². The molecule has 1 aromatic rings. The van der Waals surface area contributed by atoms with Gasteiger partial charge in [0.05, 0.1) is 0 Å². The van der Waals surface area contributed by atoms with Crippen molar-refractivity contribution < 1.29 is 0 Å². The first-order valence-electron chi connectivity index (χ1n) is 4.54. The lowest BCUT2D eigenvalue weighted by molar-refractivity contribution is 0.929. The topological polar surface area (TPSA) is 0 Å². The monoisotopic (exact) mass is 186 g/mol. The van der Waals surface area contributed by atoms with Gasteiger partial charge in [-0.2, -0.15) is 0 Å². The van der Waals surface area contributed by atoms with Crippen LogP contribution in [0.4, 0.5) is 0 Å². The van der Waals surface area contributed by atoms with Crippen molar-refractivity contribution in [2.45, 2.75) is 5.25 Å². The van der Waals surface area contributed by atoms with Gasteiger partial charge in [-0.1, -0.05) is 42.5 Å². The van der Waals surface area contributed by atoms with Gasteiger partial charge in [-0.05, 0) is 15.8 Å². The summed E-state index contributed by atoms with van der Waals surface area (Å²) in [5.74, 6) is 0.625. The SMILES string of the molecule is C1=CC2C=c3ccccc3=CC2S1. The van der Waals surface area contributed by atoms with Gasteiger partial charge in [-0.25, -0.2) is 0 Å². The van der Waals surface area contributed by atoms with Crippen molar-refractivity contribution >= 4 is 23.9 Å². The van der Waals surface area contributed by atoms with Crippen molar-refractivity contribution in [3.05, 3.63) is 46.2 Å². The second kappa shape index (κ2) is 2.78. The summed E-state index contributed by atoms with van der Waals surface area (Å²) >= 11 is 1.92. The van der Waals surface area contributed by atoms with Gasteiger partial charge in [0, 0.05) is 11.2 Å². The molecule has 1 heteroatoms. The summed E-state index contributed by atoms with van der Waals surface area (Å²) in [5, 5.41) is 5.64. The van der Waals surface area contributed by atoms with E-state index in [2.05, 4.69) is 47.9 Å². The van der Waals surface area contributed by atoms with E-state index >= 15 is 0 Å². The Hall–Kier alpha value is -0.950. The summed E-state index contributed by atoms with van der Waals surface area (Å²) in [7, 11) is 0. The van der Waals surface area contributed by atoms with E-state index < -0.39 is 0 Å². The highest BCUT2D eigenvalue weighted by molar-refractivity contribution is 8.03. The number of rotatable bonds is 0. The minimum absolute atomic E-state index is 0.625. The van der Waals surface area contributed by atoms with Gasteiger partial charge < -0.3 is 0 Å². The Morgan fingerprint density at radius 1 is 1.00 bits per heavy atom. The molecule has 0 saturated heterocycles. The molecule has 2 aliphatic rings. The standard InChI is InChI=1S/C12H10S/c1-2-4-10-8-12-11(5-6-13-12)7-9(10)3-1/h1-8,11-12H. The maximum Gasteiger partial charge on any atom is 0.0375 e. The molecule has 0 nitrogen and oxygen atoms in total. The Morgan fingerprint density at radius 3 is 2.62 bits per heavy atom. The Labute approximate surface area is 81.7 Å². The highest BCUT2D eigenvalue weighted by Gasteiger charge is 2.20. The van der Waals surface area contributed by atoms with E-state index in [0.29, 0.717) is 11.2 Å². The molecule has 0 saturated carbocycles. The molecule has 2 unspecified atom stereocenters. The van der Waals surface area contributed by atoms with E-state index in [1.807, 2.05) is 11.8 Å². The summed E-state index contributed by atoms with van der Waals surface area (Å²) in [5.41, 5.74) is 0. The van der Waals surface area contributed by atoms with Gasteiger partial charge in [0.25, 0.3) is 0 Å². The highest BCUT2D eigenvalue weighted by atomic mass is 32.2. The third-order valence-electron chi connectivity index (χ3n) is 2.63. The Bertz CT molecular complexity index is 470.